The van der Waals surface area contributed by atoms with E-state index < -0.39 is 12.0 Å². The van der Waals surface area contributed by atoms with Gasteiger partial charge in [-0.05, 0) is 62.5 Å². The van der Waals surface area contributed by atoms with Crippen molar-refractivity contribution in [1.82, 2.24) is 10.6 Å². The van der Waals surface area contributed by atoms with Crippen LogP contribution in [0.3, 0.4) is 0 Å². The summed E-state index contributed by atoms with van der Waals surface area (Å²) >= 11 is 12.0. The van der Waals surface area contributed by atoms with Gasteiger partial charge < -0.3 is 15.4 Å². The molecule has 2 rings (SSSR count). The second kappa shape index (κ2) is 10.00. The monoisotopic (exact) mass is 386 g/mol. The van der Waals surface area contributed by atoms with E-state index in [1.165, 1.54) is 0 Å². The molecular weight excluding hydrogens is 363 g/mol. The Hall–Kier alpha value is -1.30. The topological polar surface area (TPSA) is 67.4 Å². The van der Waals surface area contributed by atoms with Crippen LogP contribution in [0.2, 0.25) is 10.0 Å². The molecule has 1 fully saturated rings. The third-order valence-electron chi connectivity index (χ3n) is 4.21. The molecule has 2 unspecified atom stereocenters. The van der Waals surface area contributed by atoms with Gasteiger partial charge >= 0.3 is 5.97 Å². The summed E-state index contributed by atoms with van der Waals surface area (Å²) in [6.45, 7) is 3.96. The molecule has 1 saturated heterocycles. The average molecular weight is 387 g/mol. The van der Waals surface area contributed by atoms with Gasteiger partial charge in [0.2, 0.25) is 5.91 Å². The minimum atomic E-state index is -0.747. The van der Waals surface area contributed by atoms with E-state index in [1.54, 1.807) is 25.1 Å². The van der Waals surface area contributed by atoms with Crippen molar-refractivity contribution in [3.8, 4) is 0 Å². The number of halogens is 2. The quantitative estimate of drug-likeness (QED) is 0.673. The summed E-state index contributed by atoms with van der Waals surface area (Å²) in [6, 6.07) is 4.34. The number of nitrogens with one attached hydrogen (secondary N) is 2. The van der Waals surface area contributed by atoms with Crippen molar-refractivity contribution in [3.63, 3.8) is 0 Å². The van der Waals surface area contributed by atoms with E-state index in [-0.39, 0.29) is 18.9 Å². The third-order valence-corrected chi connectivity index (χ3v) is 4.65. The van der Waals surface area contributed by atoms with Crippen LogP contribution >= 0.6 is 23.2 Å². The van der Waals surface area contributed by atoms with Crippen molar-refractivity contribution in [2.45, 2.75) is 38.6 Å². The van der Waals surface area contributed by atoms with Crippen LogP contribution < -0.4 is 10.6 Å². The number of ether oxygens (including phenoxy) is 1. The highest BCUT2D eigenvalue weighted by Crippen LogP contribution is 2.20. The molecule has 1 aromatic carbocycles. The van der Waals surface area contributed by atoms with Crippen LogP contribution in [0.25, 0.3) is 0 Å². The molecule has 138 valence electrons. The number of esters is 1. The molecule has 1 amide bonds. The second-order valence-electron chi connectivity index (χ2n) is 6.25. The minimum Gasteiger partial charge on any atom is -0.464 e. The van der Waals surface area contributed by atoms with Crippen LogP contribution in [0.15, 0.2) is 18.2 Å². The van der Waals surface area contributed by atoms with Crippen molar-refractivity contribution < 1.29 is 14.3 Å². The predicted octanol–water partition coefficient (Wildman–Crippen LogP) is 2.97. The zero-order valence-corrected chi connectivity index (χ0v) is 15.8. The zero-order chi connectivity index (χ0) is 18.2. The largest absolute Gasteiger partial charge is 0.464 e. The molecule has 0 aliphatic carbocycles. The van der Waals surface area contributed by atoms with Gasteiger partial charge in [0.25, 0.3) is 0 Å². The highest BCUT2D eigenvalue weighted by molar-refractivity contribution is 6.34. The first-order valence-electron chi connectivity index (χ1n) is 8.59. The molecule has 0 radical (unpaired) electrons. The predicted molar refractivity (Wildman–Crippen MR) is 98.9 cm³/mol. The lowest BCUT2D eigenvalue weighted by molar-refractivity contribution is -0.147. The molecule has 1 aromatic rings. The summed E-state index contributed by atoms with van der Waals surface area (Å²) in [6.07, 6.45) is 2.60. The van der Waals surface area contributed by atoms with Gasteiger partial charge in [0.1, 0.15) is 6.04 Å². The standard InChI is InChI=1S/C18H24Cl2N2O3/c1-2-25-18(24)16(9-13-7-14(19)10-15(20)8-13)22-17(23)4-3-12-5-6-21-11-12/h7-8,10,12,16,21H,2-6,9,11H2,1H3,(H,22,23). The Labute approximate surface area is 158 Å². The summed E-state index contributed by atoms with van der Waals surface area (Å²) in [5, 5.41) is 7.06. The average Bonchev–Trinajstić information content (AvgIpc) is 3.05. The Bertz CT molecular complexity index is 584. The highest BCUT2D eigenvalue weighted by Gasteiger charge is 2.24. The number of amides is 1. The Morgan fingerprint density at radius 1 is 1.32 bits per heavy atom. The number of rotatable bonds is 8. The Kier molecular flexibility index (Phi) is 8.00. The van der Waals surface area contributed by atoms with Gasteiger partial charge in [-0.3, -0.25) is 4.79 Å². The van der Waals surface area contributed by atoms with E-state index in [1.807, 2.05) is 0 Å². The van der Waals surface area contributed by atoms with Crippen LogP contribution in [0.4, 0.5) is 0 Å². The fourth-order valence-electron chi connectivity index (χ4n) is 2.96. The normalized spacial score (nSPS) is 18.0. The molecule has 25 heavy (non-hydrogen) atoms. The number of benzene rings is 1. The van der Waals surface area contributed by atoms with E-state index in [4.69, 9.17) is 27.9 Å². The molecule has 1 aliphatic rings. The smallest absolute Gasteiger partial charge is 0.328 e. The van der Waals surface area contributed by atoms with Crippen LogP contribution in [0.5, 0.6) is 0 Å². The van der Waals surface area contributed by atoms with Gasteiger partial charge in [-0.25, -0.2) is 4.79 Å². The van der Waals surface area contributed by atoms with Crippen molar-refractivity contribution in [3.05, 3.63) is 33.8 Å². The van der Waals surface area contributed by atoms with E-state index in [0.29, 0.717) is 22.4 Å². The molecule has 7 heteroatoms. The van der Waals surface area contributed by atoms with Crippen molar-refractivity contribution in [2.75, 3.05) is 19.7 Å². The molecule has 0 spiro atoms. The maximum Gasteiger partial charge on any atom is 0.328 e. The van der Waals surface area contributed by atoms with Crippen LogP contribution in [-0.2, 0) is 20.7 Å². The lowest BCUT2D eigenvalue weighted by Gasteiger charge is -2.18. The maximum atomic E-state index is 12.3. The summed E-state index contributed by atoms with van der Waals surface area (Å²) < 4.78 is 5.09. The van der Waals surface area contributed by atoms with Crippen LogP contribution in [-0.4, -0.2) is 37.6 Å². The van der Waals surface area contributed by atoms with Gasteiger partial charge in [0.05, 0.1) is 6.61 Å². The van der Waals surface area contributed by atoms with Gasteiger partial charge in [-0.2, -0.15) is 0 Å². The Morgan fingerprint density at radius 3 is 2.64 bits per heavy atom. The summed E-state index contributed by atoms with van der Waals surface area (Å²) in [5.41, 5.74) is 0.774. The molecule has 2 N–H and O–H groups in total. The van der Waals surface area contributed by atoms with Gasteiger partial charge in [0.15, 0.2) is 0 Å². The molecule has 1 aliphatic heterocycles. The zero-order valence-electron chi connectivity index (χ0n) is 14.3. The fraction of sp³-hybridized carbons (Fsp3) is 0.556. The molecule has 1 heterocycles. The number of hydrogen-bond acceptors (Lipinski definition) is 4. The molecule has 0 aromatic heterocycles. The van der Waals surface area contributed by atoms with Crippen molar-refractivity contribution in [1.29, 1.82) is 0 Å². The third kappa shape index (κ3) is 6.84. The molecule has 0 bridgehead atoms. The number of carbonyl (C=O) groups excluding carboxylic acids is 2. The summed E-state index contributed by atoms with van der Waals surface area (Å²) in [7, 11) is 0. The van der Waals surface area contributed by atoms with E-state index in [2.05, 4.69) is 10.6 Å². The molecule has 2 atom stereocenters. The first-order chi connectivity index (χ1) is 12.0. The molecule has 0 saturated carbocycles. The molecule has 5 nitrogen and oxygen atoms in total. The van der Waals surface area contributed by atoms with Crippen molar-refractivity contribution >= 4 is 35.1 Å². The molecular formula is C18H24Cl2N2O3. The first kappa shape index (κ1) is 20.0. The van der Waals surface area contributed by atoms with Gasteiger partial charge in [-0.15, -0.1) is 0 Å². The number of hydrogen-bond donors (Lipinski definition) is 2. The van der Waals surface area contributed by atoms with E-state index in [9.17, 15) is 9.59 Å². The van der Waals surface area contributed by atoms with Gasteiger partial charge in [-0.1, -0.05) is 23.2 Å². The highest BCUT2D eigenvalue weighted by atomic mass is 35.5. The summed E-state index contributed by atoms with van der Waals surface area (Å²) in [5.74, 6) is -0.0638. The minimum absolute atomic E-state index is 0.141. The van der Waals surface area contributed by atoms with Crippen LogP contribution in [0.1, 0.15) is 31.7 Å². The lowest BCUT2D eigenvalue weighted by Crippen LogP contribution is -2.43. The second-order valence-corrected chi connectivity index (χ2v) is 7.12. The van der Waals surface area contributed by atoms with Crippen LogP contribution in [0, 0.1) is 5.92 Å². The van der Waals surface area contributed by atoms with Gasteiger partial charge in [0, 0.05) is 22.9 Å². The Balaban J connectivity index is 1.96. The van der Waals surface area contributed by atoms with Crippen molar-refractivity contribution in [2.24, 2.45) is 5.92 Å². The fourth-order valence-corrected chi connectivity index (χ4v) is 3.53. The Morgan fingerprint density at radius 2 is 2.04 bits per heavy atom. The maximum absolute atomic E-state index is 12.3. The van der Waals surface area contributed by atoms with E-state index in [0.717, 1.165) is 31.5 Å². The summed E-state index contributed by atoms with van der Waals surface area (Å²) in [4.78, 5) is 24.5. The SMILES string of the molecule is CCOC(=O)C(Cc1cc(Cl)cc(Cl)c1)NC(=O)CCC1CCNC1. The lowest BCUT2D eigenvalue weighted by atomic mass is 10.0. The first-order valence-corrected chi connectivity index (χ1v) is 9.35. The number of carbonyl (C=O) groups is 2. The van der Waals surface area contributed by atoms with E-state index >= 15 is 0 Å².